The molecule has 3 aromatic carbocycles. The number of hydrogen-bond acceptors (Lipinski definition) is 3. The van der Waals surface area contributed by atoms with Gasteiger partial charge in [-0.2, -0.15) is 0 Å². The van der Waals surface area contributed by atoms with E-state index >= 15 is 0 Å². The number of aromatic nitrogens is 2. The van der Waals surface area contributed by atoms with E-state index in [2.05, 4.69) is 22.8 Å². The topological polar surface area (TPSA) is 76.0 Å². The van der Waals surface area contributed by atoms with E-state index in [1.165, 1.54) is 0 Å². The van der Waals surface area contributed by atoms with E-state index in [0.717, 1.165) is 33.4 Å². The summed E-state index contributed by atoms with van der Waals surface area (Å²) < 4.78 is 1.87. The maximum atomic E-state index is 13.1. The lowest BCUT2D eigenvalue weighted by Gasteiger charge is -2.17. The normalized spacial score (nSPS) is 11.9. The van der Waals surface area contributed by atoms with Gasteiger partial charge in [-0.15, -0.1) is 0 Å². The van der Waals surface area contributed by atoms with Gasteiger partial charge >= 0.3 is 0 Å². The Morgan fingerprint density at radius 3 is 2.27 bits per heavy atom. The minimum absolute atomic E-state index is 0.0914. The van der Waals surface area contributed by atoms with Crippen LogP contribution in [0.5, 0.6) is 0 Å². The van der Waals surface area contributed by atoms with Gasteiger partial charge in [0, 0.05) is 11.3 Å². The van der Waals surface area contributed by atoms with Gasteiger partial charge in [-0.3, -0.25) is 9.59 Å². The number of hydrogen-bond donors (Lipinski definition) is 2. The number of nitrogens with one attached hydrogen (secondary N) is 2. The third-order valence-electron chi connectivity index (χ3n) is 5.70. The van der Waals surface area contributed by atoms with Crippen molar-refractivity contribution in [3.8, 4) is 0 Å². The summed E-state index contributed by atoms with van der Waals surface area (Å²) in [7, 11) is 0. The van der Waals surface area contributed by atoms with Crippen molar-refractivity contribution in [2.45, 2.75) is 40.3 Å². The third-order valence-corrected chi connectivity index (χ3v) is 5.70. The molecule has 0 spiro atoms. The molecule has 0 saturated heterocycles. The number of imidazole rings is 1. The summed E-state index contributed by atoms with van der Waals surface area (Å²) in [5.41, 5.74) is 6.26. The zero-order valence-electron chi connectivity index (χ0n) is 19.3. The number of nitrogens with zero attached hydrogens (tertiary/aromatic N) is 2. The number of benzene rings is 3. The molecular formula is C27H28N4O2. The molecule has 0 aliphatic carbocycles. The molecule has 2 N–H and O–H groups in total. The molecule has 1 unspecified atom stereocenters. The van der Waals surface area contributed by atoms with Gasteiger partial charge in [0.25, 0.3) is 5.91 Å². The lowest BCUT2D eigenvalue weighted by Crippen LogP contribution is -2.30. The molecule has 2 amide bonds. The second-order valence-corrected chi connectivity index (χ2v) is 8.43. The quantitative estimate of drug-likeness (QED) is 0.438. The molecule has 1 atom stereocenters. The average molecular weight is 441 g/mol. The van der Waals surface area contributed by atoms with Crippen LogP contribution < -0.4 is 10.6 Å². The van der Waals surface area contributed by atoms with E-state index < -0.39 is 0 Å². The van der Waals surface area contributed by atoms with Crippen LogP contribution in [0.3, 0.4) is 0 Å². The smallest absolute Gasteiger partial charge is 0.251 e. The first-order valence-corrected chi connectivity index (χ1v) is 11.0. The fourth-order valence-corrected chi connectivity index (χ4v) is 4.22. The Kier molecular flexibility index (Phi) is 6.27. The number of aryl methyl sites for hydroxylation is 3. The Bertz CT molecular complexity index is 1300. The minimum Gasteiger partial charge on any atom is -0.342 e. The summed E-state index contributed by atoms with van der Waals surface area (Å²) >= 11 is 0. The summed E-state index contributed by atoms with van der Waals surface area (Å²) in [6, 6.07) is 20.5. The summed E-state index contributed by atoms with van der Waals surface area (Å²) in [6.45, 7) is 8.00. The lowest BCUT2D eigenvalue weighted by atomic mass is 10.1. The molecule has 0 radical (unpaired) electrons. The number of rotatable bonds is 6. The molecule has 0 aliphatic heterocycles. The second kappa shape index (κ2) is 9.28. The first kappa shape index (κ1) is 22.3. The summed E-state index contributed by atoms with van der Waals surface area (Å²) in [5, 5.41) is 6.07. The molecular weight excluding hydrogens is 412 g/mol. The number of fused-ring (bicyclic) bond motifs is 1. The number of amides is 2. The van der Waals surface area contributed by atoms with Gasteiger partial charge < -0.3 is 15.2 Å². The minimum atomic E-state index is -0.388. The lowest BCUT2D eigenvalue weighted by molar-refractivity contribution is -0.116. The monoisotopic (exact) mass is 440 g/mol. The maximum absolute atomic E-state index is 13.1. The van der Waals surface area contributed by atoms with E-state index in [1.807, 2.05) is 74.7 Å². The number of anilines is 1. The van der Waals surface area contributed by atoms with Crippen molar-refractivity contribution in [3.63, 3.8) is 0 Å². The van der Waals surface area contributed by atoms with Crippen LogP contribution in [0.25, 0.3) is 11.0 Å². The van der Waals surface area contributed by atoms with Crippen LogP contribution >= 0.6 is 0 Å². The van der Waals surface area contributed by atoms with Gasteiger partial charge in [0.2, 0.25) is 5.91 Å². The van der Waals surface area contributed by atoms with Crippen LogP contribution in [0.4, 0.5) is 5.69 Å². The highest BCUT2D eigenvalue weighted by molar-refractivity contribution is 5.95. The molecule has 0 aliphatic rings. The summed E-state index contributed by atoms with van der Waals surface area (Å²) in [6.07, 6.45) is 0. The van der Waals surface area contributed by atoms with Crippen molar-refractivity contribution in [1.82, 2.24) is 14.9 Å². The average Bonchev–Trinajstić information content (AvgIpc) is 3.15. The van der Waals surface area contributed by atoms with Crippen LogP contribution in [-0.2, 0) is 11.3 Å². The predicted molar refractivity (Wildman–Crippen MR) is 131 cm³/mol. The standard InChI is InChI=1S/C27H28N4O2/c1-17-14-18(2)25(19(3)15-17)30-24(32)16-31-23-13-9-8-12-22(23)29-26(31)20(4)28-27(33)21-10-6-5-7-11-21/h5-15,20H,16H2,1-4H3,(H,28,33)(H,30,32). The highest BCUT2D eigenvalue weighted by Crippen LogP contribution is 2.24. The molecule has 0 fully saturated rings. The largest absolute Gasteiger partial charge is 0.342 e. The van der Waals surface area contributed by atoms with Gasteiger partial charge in [-0.25, -0.2) is 4.98 Å². The molecule has 6 nitrogen and oxygen atoms in total. The highest BCUT2D eigenvalue weighted by atomic mass is 16.2. The SMILES string of the molecule is Cc1cc(C)c(NC(=O)Cn2c(C(C)NC(=O)c3ccccc3)nc3ccccc32)c(C)c1. The fourth-order valence-electron chi connectivity index (χ4n) is 4.22. The maximum Gasteiger partial charge on any atom is 0.251 e. The molecule has 0 saturated carbocycles. The van der Waals surface area contributed by atoms with Crippen molar-refractivity contribution < 1.29 is 9.59 Å². The third kappa shape index (κ3) is 4.80. The Labute approximate surface area is 193 Å². The molecule has 168 valence electrons. The van der Waals surface area contributed by atoms with Crippen molar-refractivity contribution in [1.29, 1.82) is 0 Å². The van der Waals surface area contributed by atoms with Crippen LogP contribution in [-0.4, -0.2) is 21.4 Å². The van der Waals surface area contributed by atoms with Crippen LogP contribution in [0, 0.1) is 20.8 Å². The van der Waals surface area contributed by atoms with E-state index in [4.69, 9.17) is 4.98 Å². The molecule has 33 heavy (non-hydrogen) atoms. The summed E-state index contributed by atoms with van der Waals surface area (Å²) in [5.74, 6) is 0.307. The van der Waals surface area contributed by atoms with Crippen molar-refractivity contribution in [3.05, 3.63) is 94.8 Å². The fraction of sp³-hybridized carbons (Fsp3) is 0.222. The van der Waals surface area contributed by atoms with Crippen molar-refractivity contribution in [2.24, 2.45) is 0 Å². The van der Waals surface area contributed by atoms with Crippen LogP contribution in [0.15, 0.2) is 66.7 Å². The number of carbonyl (C=O) groups is 2. The van der Waals surface area contributed by atoms with Gasteiger partial charge in [0.05, 0.1) is 17.1 Å². The molecule has 0 bridgehead atoms. The Hall–Kier alpha value is -3.93. The summed E-state index contributed by atoms with van der Waals surface area (Å²) in [4.78, 5) is 30.5. The zero-order valence-corrected chi connectivity index (χ0v) is 19.3. The van der Waals surface area contributed by atoms with Crippen LogP contribution in [0.1, 0.15) is 45.8 Å². The molecule has 4 rings (SSSR count). The molecule has 6 heteroatoms. The van der Waals surface area contributed by atoms with Gasteiger partial charge in [0.15, 0.2) is 0 Å². The van der Waals surface area contributed by atoms with E-state index in [1.54, 1.807) is 12.1 Å². The van der Waals surface area contributed by atoms with Crippen molar-refractivity contribution >= 4 is 28.5 Å². The molecule has 1 aromatic heterocycles. The number of para-hydroxylation sites is 2. The van der Waals surface area contributed by atoms with Crippen molar-refractivity contribution in [2.75, 3.05) is 5.32 Å². The Morgan fingerprint density at radius 2 is 1.58 bits per heavy atom. The van der Waals surface area contributed by atoms with Gasteiger partial charge in [-0.1, -0.05) is 48.0 Å². The Balaban J connectivity index is 1.61. The van der Waals surface area contributed by atoms with Crippen LogP contribution in [0.2, 0.25) is 0 Å². The Morgan fingerprint density at radius 1 is 0.939 bits per heavy atom. The molecule has 1 heterocycles. The highest BCUT2D eigenvalue weighted by Gasteiger charge is 2.21. The zero-order chi connectivity index (χ0) is 23.5. The second-order valence-electron chi connectivity index (χ2n) is 8.43. The first-order chi connectivity index (χ1) is 15.8. The number of carbonyl (C=O) groups excluding carboxylic acids is 2. The van der Waals surface area contributed by atoms with E-state index in [-0.39, 0.29) is 24.4 Å². The predicted octanol–water partition coefficient (Wildman–Crippen LogP) is 5.09. The van der Waals surface area contributed by atoms with Gasteiger partial charge in [0.1, 0.15) is 12.4 Å². The van der Waals surface area contributed by atoms with E-state index in [0.29, 0.717) is 11.4 Å². The van der Waals surface area contributed by atoms with E-state index in [9.17, 15) is 9.59 Å². The molecule has 4 aromatic rings. The van der Waals surface area contributed by atoms with Gasteiger partial charge in [-0.05, 0) is 63.1 Å². The first-order valence-electron chi connectivity index (χ1n) is 11.0.